The van der Waals surface area contributed by atoms with Crippen molar-refractivity contribution in [2.75, 3.05) is 6.54 Å². The average molecular weight is 298 g/mol. The number of carboxylic acids is 1. The Kier molecular flexibility index (Phi) is 4.39. The molecule has 1 aromatic rings. The molecule has 110 valence electrons. The number of pyridine rings is 1. The number of carbonyl (C=O) groups is 1. The van der Waals surface area contributed by atoms with Crippen LogP contribution in [0.4, 0.5) is 0 Å². The highest BCUT2D eigenvalue weighted by Crippen LogP contribution is 2.26. The van der Waals surface area contributed by atoms with Gasteiger partial charge in [-0.05, 0) is 31.4 Å². The molecule has 20 heavy (non-hydrogen) atoms. The van der Waals surface area contributed by atoms with Crippen LogP contribution in [0.25, 0.3) is 0 Å². The smallest absolute Gasteiger partial charge is 0.337 e. The second-order valence-corrected chi connectivity index (χ2v) is 6.70. The molecule has 7 heteroatoms. The average Bonchev–Trinajstić information content (AvgIpc) is 2.47. The van der Waals surface area contributed by atoms with Crippen molar-refractivity contribution in [3.63, 3.8) is 0 Å². The van der Waals surface area contributed by atoms with Crippen molar-refractivity contribution in [3.8, 4) is 0 Å². The molecular formula is C13H18N2O4S. The van der Waals surface area contributed by atoms with Crippen molar-refractivity contribution in [2.24, 2.45) is 0 Å². The lowest BCUT2D eigenvalue weighted by atomic mass is 10.0. The van der Waals surface area contributed by atoms with E-state index in [4.69, 9.17) is 5.11 Å². The topological polar surface area (TPSA) is 87.6 Å². The Balaban J connectivity index is 2.31. The van der Waals surface area contributed by atoms with Gasteiger partial charge in [-0.3, -0.25) is 0 Å². The second-order valence-electron chi connectivity index (χ2n) is 4.86. The minimum Gasteiger partial charge on any atom is -0.478 e. The molecule has 2 rings (SSSR count). The minimum absolute atomic E-state index is 0.00898. The van der Waals surface area contributed by atoms with E-state index in [1.165, 1.54) is 16.4 Å². The van der Waals surface area contributed by atoms with E-state index in [1.54, 1.807) is 0 Å². The molecular weight excluding hydrogens is 280 g/mol. The number of piperidine rings is 1. The highest BCUT2D eigenvalue weighted by Gasteiger charge is 2.33. The number of carboxylic acid groups (broad SMARTS) is 1. The SMILES string of the molecule is CCC1CCCCN1S(=O)(=O)c1ccc(C(=O)O)cn1. The van der Waals surface area contributed by atoms with E-state index in [9.17, 15) is 13.2 Å². The summed E-state index contributed by atoms with van der Waals surface area (Å²) in [5, 5.41) is 8.73. The van der Waals surface area contributed by atoms with E-state index in [2.05, 4.69) is 4.98 Å². The van der Waals surface area contributed by atoms with Crippen LogP contribution in [0, 0.1) is 0 Å². The summed E-state index contributed by atoms with van der Waals surface area (Å²) in [6.45, 7) is 2.47. The Morgan fingerprint density at radius 2 is 2.20 bits per heavy atom. The van der Waals surface area contributed by atoms with Crippen LogP contribution in [0.3, 0.4) is 0 Å². The van der Waals surface area contributed by atoms with Gasteiger partial charge in [0.15, 0.2) is 5.03 Å². The Morgan fingerprint density at radius 3 is 2.75 bits per heavy atom. The normalized spacial score (nSPS) is 20.8. The molecule has 1 unspecified atom stereocenters. The maximum absolute atomic E-state index is 12.6. The van der Waals surface area contributed by atoms with Crippen molar-refractivity contribution in [1.29, 1.82) is 0 Å². The third kappa shape index (κ3) is 2.83. The highest BCUT2D eigenvalue weighted by molar-refractivity contribution is 7.89. The first-order valence-corrected chi connectivity index (χ1v) is 8.12. The molecule has 0 aliphatic carbocycles. The van der Waals surface area contributed by atoms with Crippen LogP contribution in [0.1, 0.15) is 43.0 Å². The molecule has 2 heterocycles. The van der Waals surface area contributed by atoms with Gasteiger partial charge >= 0.3 is 5.97 Å². The lowest BCUT2D eigenvalue weighted by molar-refractivity contribution is 0.0696. The number of sulfonamides is 1. The molecule has 1 fully saturated rings. The quantitative estimate of drug-likeness (QED) is 0.914. The Bertz CT molecular complexity index is 583. The van der Waals surface area contributed by atoms with Crippen LogP contribution in [0.2, 0.25) is 0 Å². The summed E-state index contributed by atoms with van der Waals surface area (Å²) in [6, 6.07) is 2.54. The zero-order valence-electron chi connectivity index (χ0n) is 11.3. The summed E-state index contributed by atoms with van der Waals surface area (Å²) < 4.78 is 26.6. The Hall–Kier alpha value is -1.47. The van der Waals surface area contributed by atoms with Gasteiger partial charge in [0.1, 0.15) is 0 Å². The molecule has 1 aromatic heterocycles. The highest BCUT2D eigenvalue weighted by atomic mass is 32.2. The summed E-state index contributed by atoms with van der Waals surface area (Å²) in [6.07, 6.45) is 4.61. The van der Waals surface area contributed by atoms with Gasteiger partial charge in [-0.2, -0.15) is 4.31 Å². The number of hydrogen-bond donors (Lipinski definition) is 1. The zero-order valence-corrected chi connectivity index (χ0v) is 12.1. The van der Waals surface area contributed by atoms with Crippen LogP contribution in [-0.2, 0) is 10.0 Å². The van der Waals surface area contributed by atoms with E-state index in [0.717, 1.165) is 31.9 Å². The van der Waals surface area contributed by atoms with Crippen molar-refractivity contribution in [3.05, 3.63) is 23.9 Å². The first-order chi connectivity index (χ1) is 9.46. The number of hydrogen-bond acceptors (Lipinski definition) is 4. The fourth-order valence-electron chi connectivity index (χ4n) is 2.48. The van der Waals surface area contributed by atoms with Gasteiger partial charge < -0.3 is 5.11 Å². The largest absolute Gasteiger partial charge is 0.478 e. The number of aromatic carboxylic acids is 1. The predicted octanol–water partition coefficient (Wildman–Crippen LogP) is 1.73. The summed E-state index contributed by atoms with van der Waals surface area (Å²) >= 11 is 0. The van der Waals surface area contributed by atoms with Crippen molar-refractivity contribution in [1.82, 2.24) is 9.29 Å². The second kappa shape index (κ2) is 5.88. The first kappa shape index (κ1) is 14.9. The van der Waals surface area contributed by atoms with E-state index < -0.39 is 16.0 Å². The summed E-state index contributed by atoms with van der Waals surface area (Å²) in [4.78, 5) is 14.6. The summed E-state index contributed by atoms with van der Waals surface area (Å²) in [7, 11) is -3.64. The molecule has 1 atom stereocenters. The Morgan fingerprint density at radius 1 is 1.45 bits per heavy atom. The molecule has 0 bridgehead atoms. The van der Waals surface area contributed by atoms with Gasteiger partial charge in [-0.1, -0.05) is 13.3 Å². The minimum atomic E-state index is -3.64. The van der Waals surface area contributed by atoms with Gasteiger partial charge in [0.2, 0.25) is 0 Å². The maximum atomic E-state index is 12.6. The molecule has 0 amide bonds. The molecule has 0 spiro atoms. The lowest BCUT2D eigenvalue weighted by Gasteiger charge is -2.33. The fourth-order valence-corrected chi connectivity index (χ4v) is 4.16. The molecule has 0 radical (unpaired) electrons. The molecule has 1 N–H and O–H groups in total. The van der Waals surface area contributed by atoms with Gasteiger partial charge in [0.05, 0.1) is 5.56 Å². The van der Waals surface area contributed by atoms with E-state index >= 15 is 0 Å². The molecule has 0 aromatic carbocycles. The predicted molar refractivity (Wildman–Crippen MR) is 73.0 cm³/mol. The standard InChI is InChI=1S/C13H18N2O4S/c1-2-11-5-3-4-8-15(11)20(18,19)12-7-6-10(9-14-12)13(16)17/h6-7,9,11H,2-5,8H2,1H3,(H,16,17). The van der Waals surface area contributed by atoms with Crippen molar-refractivity contribution >= 4 is 16.0 Å². The van der Waals surface area contributed by atoms with E-state index in [1.807, 2.05) is 6.92 Å². The third-order valence-corrected chi connectivity index (χ3v) is 5.47. The van der Waals surface area contributed by atoms with Crippen LogP contribution in [0.5, 0.6) is 0 Å². The van der Waals surface area contributed by atoms with Crippen LogP contribution in [0.15, 0.2) is 23.4 Å². The number of aromatic nitrogens is 1. The molecule has 6 nitrogen and oxygen atoms in total. The molecule has 1 aliphatic heterocycles. The molecule has 1 aliphatic rings. The van der Waals surface area contributed by atoms with Crippen LogP contribution < -0.4 is 0 Å². The Labute approximate surface area is 118 Å². The van der Waals surface area contributed by atoms with E-state index in [0.29, 0.717) is 6.54 Å². The summed E-state index contributed by atoms with van der Waals surface area (Å²) in [5.74, 6) is -1.12. The first-order valence-electron chi connectivity index (χ1n) is 6.68. The molecule has 1 saturated heterocycles. The maximum Gasteiger partial charge on any atom is 0.337 e. The number of rotatable bonds is 4. The number of nitrogens with zero attached hydrogens (tertiary/aromatic N) is 2. The third-order valence-electron chi connectivity index (χ3n) is 3.60. The monoisotopic (exact) mass is 298 g/mol. The van der Waals surface area contributed by atoms with Crippen molar-refractivity contribution in [2.45, 2.75) is 43.7 Å². The fraction of sp³-hybridized carbons (Fsp3) is 0.538. The van der Waals surface area contributed by atoms with Gasteiger partial charge in [-0.25, -0.2) is 18.2 Å². The van der Waals surface area contributed by atoms with E-state index in [-0.39, 0.29) is 16.6 Å². The van der Waals surface area contributed by atoms with Crippen LogP contribution in [-0.4, -0.2) is 41.4 Å². The van der Waals surface area contributed by atoms with Crippen LogP contribution >= 0.6 is 0 Å². The lowest BCUT2D eigenvalue weighted by Crippen LogP contribution is -2.43. The van der Waals surface area contributed by atoms with Gasteiger partial charge in [0.25, 0.3) is 10.0 Å². The summed E-state index contributed by atoms with van der Waals surface area (Å²) in [5.41, 5.74) is -0.0189. The van der Waals surface area contributed by atoms with Gasteiger partial charge in [-0.15, -0.1) is 0 Å². The molecule has 0 saturated carbocycles. The van der Waals surface area contributed by atoms with Gasteiger partial charge in [0, 0.05) is 18.8 Å². The van der Waals surface area contributed by atoms with Crippen molar-refractivity contribution < 1.29 is 18.3 Å². The zero-order chi connectivity index (χ0) is 14.8.